The van der Waals surface area contributed by atoms with E-state index < -0.39 is 5.97 Å². The van der Waals surface area contributed by atoms with E-state index in [4.69, 9.17) is 4.74 Å². The molecular formula is C24H24N4O4S. The number of benzene rings is 1. The molecule has 0 saturated carbocycles. The Morgan fingerprint density at radius 2 is 2.06 bits per heavy atom. The van der Waals surface area contributed by atoms with E-state index in [0.29, 0.717) is 45.7 Å². The van der Waals surface area contributed by atoms with Gasteiger partial charge in [-0.15, -0.1) is 11.3 Å². The molecule has 1 aromatic carbocycles. The van der Waals surface area contributed by atoms with Crippen molar-refractivity contribution in [2.24, 2.45) is 5.92 Å². The zero-order valence-electron chi connectivity index (χ0n) is 18.5. The Kier molecular flexibility index (Phi) is 5.57. The van der Waals surface area contributed by atoms with Gasteiger partial charge in [0.1, 0.15) is 17.3 Å². The fourth-order valence-electron chi connectivity index (χ4n) is 4.41. The minimum Gasteiger partial charge on any atom is -0.453 e. The van der Waals surface area contributed by atoms with Crippen LogP contribution in [0.3, 0.4) is 0 Å². The van der Waals surface area contributed by atoms with Gasteiger partial charge in [-0.1, -0.05) is 32.0 Å². The Bertz CT molecular complexity index is 1500. The first-order valence-corrected chi connectivity index (χ1v) is 12.0. The van der Waals surface area contributed by atoms with Crippen molar-refractivity contribution in [3.63, 3.8) is 0 Å². The predicted molar refractivity (Wildman–Crippen MR) is 127 cm³/mol. The Balaban J connectivity index is 1.45. The van der Waals surface area contributed by atoms with Crippen molar-refractivity contribution in [3.8, 4) is 0 Å². The monoisotopic (exact) mass is 464 g/mol. The van der Waals surface area contributed by atoms with Gasteiger partial charge in [0.25, 0.3) is 11.1 Å². The number of aromatic nitrogens is 4. The molecule has 1 N–H and O–H groups in total. The van der Waals surface area contributed by atoms with E-state index in [9.17, 15) is 14.4 Å². The van der Waals surface area contributed by atoms with Crippen LogP contribution in [0, 0.1) is 5.92 Å². The van der Waals surface area contributed by atoms with Crippen molar-refractivity contribution < 1.29 is 9.53 Å². The number of H-pyrrole nitrogens is 1. The average Bonchev–Trinajstić information content (AvgIpc) is 3.17. The molecule has 1 aliphatic carbocycles. The van der Waals surface area contributed by atoms with Gasteiger partial charge in [-0.2, -0.15) is 5.10 Å². The maximum atomic E-state index is 12.9. The molecule has 0 amide bonds. The van der Waals surface area contributed by atoms with Crippen molar-refractivity contribution >= 4 is 38.3 Å². The predicted octanol–water partition coefficient (Wildman–Crippen LogP) is 3.59. The van der Waals surface area contributed by atoms with Crippen molar-refractivity contribution in [1.29, 1.82) is 0 Å². The maximum absolute atomic E-state index is 12.9. The standard InChI is InChI=1S/C24H24N4O4S/c1-3-10-28-23(30)15-7-5-4-6-14(15)20(27-28)24(31)32-12-18-25-21(29)19-16-9-8-13(2)11-17(16)33-22(19)26-18/h4-7,13H,3,8-12H2,1-2H3,(H,25,26,29). The molecule has 8 nitrogen and oxygen atoms in total. The molecule has 4 aromatic rings. The van der Waals surface area contributed by atoms with Crippen LogP contribution in [0.25, 0.3) is 21.0 Å². The first kappa shape index (κ1) is 21.5. The van der Waals surface area contributed by atoms with Crippen molar-refractivity contribution in [2.75, 3.05) is 0 Å². The molecule has 33 heavy (non-hydrogen) atoms. The third kappa shape index (κ3) is 3.86. The number of hydrogen-bond acceptors (Lipinski definition) is 7. The highest BCUT2D eigenvalue weighted by atomic mass is 32.1. The SMILES string of the molecule is CCCn1nc(C(=O)OCc2nc3sc4c(c3c(=O)[nH]2)CCC(C)C4)c2ccccc2c1=O. The molecule has 1 atom stereocenters. The summed E-state index contributed by atoms with van der Waals surface area (Å²) in [5.41, 5.74) is 0.747. The second kappa shape index (κ2) is 8.55. The molecule has 5 rings (SSSR count). The minimum absolute atomic E-state index is 0.0719. The van der Waals surface area contributed by atoms with Crippen LogP contribution < -0.4 is 11.1 Å². The van der Waals surface area contributed by atoms with E-state index in [1.54, 1.807) is 35.6 Å². The topological polar surface area (TPSA) is 107 Å². The highest BCUT2D eigenvalue weighted by Crippen LogP contribution is 2.35. The lowest BCUT2D eigenvalue weighted by Gasteiger charge is -2.17. The maximum Gasteiger partial charge on any atom is 0.359 e. The largest absolute Gasteiger partial charge is 0.453 e. The number of aromatic amines is 1. The normalized spacial score (nSPS) is 15.6. The number of carbonyl (C=O) groups is 1. The quantitative estimate of drug-likeness (QED) is 0.453. The first-order chi connectivity index (χ1) is 16.0. The minimum atomic E-state index is -0.668. The van der Waals surface area contributed by atoms with Gasteiger partial charge in [0.15, 0.2) is 5.69 Å². The number of nitrogens with zero attached hydrogens (tertiary/aromatic N) is 3. The molecule has 170 valence electrons. The summed E-state index contributed by atoms with van der Waals surface area (Å²) in [7, 11) is 0. The van der Waals surface area contributed by atoms with Gasteiger partial charge in [0.05, 0.1) is 10.8 Å². The summed E-state index contributed by atoms with van der Waals surface area (Å²) >= 11 is 1.55. The van der Waals surface area contributed by atoms with Crippen LogP contribution in [0.1, 0.15) is 53.4 Å². The number of esters is 1. The third-order valence-corrected chi connectivity index (χ3v) is 7.20. The number of thiophene rings is 1. The van der Waals surface area contributed by atoms with E-state index in [2.05, 4.69) is 22.0 Å². The first-order valence-electron chi connectivity index (χ1n) is 11.2. The fourth-order valence-corrected chi connectivity index (χ4v) is 5.82. The number of ether oxygens (including phenoxy) is 1. The van der Waals surface area contributed by atoms with Gasteiger partial charge >= 0.3 is 5.97 Å². The van der Waals surface area contributed by atoms with Crippen LogP contribution in [-0.2, 0) is 30.7 Å². The number of carbonyl (C=O) groups excluding carboxylic acids is 1. The molecule has 3 heterocycles. The zero-order valence-corrected chi connectivity index (χ0v) is 19.3. The van der Waals surface area contributed by atoms with E-state index in [-0.39, 0.29) is 23.4 Å². The number of nitrogens with one attached hydrogen (secondary N) is 1. The highest BCUT2D eigenvalue weighted by Gasteiger charge is 2.23. The van der Waals surface area contributed by atoms with E-state index >= 15 is 0 Å². The van der Waals surface area contributed by atoms with Crippen LogP contribution in [0.15, 0.2) is 33.9 Å². The van der Waals surface area contributed by atoms with Gasteiger partial charge in [-0.3, -0.25) is 9.59 Å². The van der Waals surface area contributed by atoms with Gasteiger partial charge in [0.2, 0.25) is 0 Å². The summed E-state index contributed by atoms with van der Waals surface area (Å²) in [6, 6.07) is 6.85. The molecule has 0 bridgehead atoms. The molecule has 0 aliphatic heterocycles. The number of fused-ring (bicyclic) bond motifs is 4. The van der Waals surface area contributed by atoms with E-state index in [1.165, 1.54) is 9.56 Å². The summed E-state index contributed by atoms with van der Waals surface area (Å²) in [6.45, 7) is 4.36. The van der Waals surface area contributed by atoms with Crippen LogP contribution in [0.4, 0.5) is 0 Å². The Morgan fingerprint density at radius 1 is 1.27 bits per heavy atom. The Labute approximate surface area is 193 Å². The summed E-state index contributed by atoms with van der Waals surface area (Å²) in [5, 5.41) is 5.78. The van der Waals surface area contributed by atoms with Crippen molar-refractivity contribution in [3.05, 3.63) is 66.9 Å². The molecule has 0 fully saturated rings. The van der Waals surface area contributed by atoms with Crippen LogP contribution >= 0.6 is 11.3 Å². The van der Waals surface area contributed by atoms with Gasteiger partial charge < -0.3 is 9.72 Å². The third-order valence-electron chi connectivity index (χ3n) is 6.05. The number of rotatable bonds is 5. The molecule has 9 heteroatoms. The molecule has 0 radical (unpaired) electrons. The van der Waals surface area contributed by atoms with Crippen LogP contribution in [0.2, 0.25) is 0 Å². The molecule has 3 aromatic heterocycles. The Morgan fingerprint density at radius 3 is 2.85 bits per heavy atom. The lowest BCUT2D eigenvalue weighted by atomic mass is 9.89. The molecular weight excluding hydrogens is 440 g/mol. The lowest BCUT2D eigenvalue weighted by Crippen LogP contribution is -2.26. The van der Waals surface area contributed by atoms with Crippen LogP contribution in [-0.4, -0.2) is 25.7 Å². The Hall–Kier alpha value is -3.33. The van der Waals surface area contributed by atoms with Crippen molar-refractivity contribution in [1.82, 2.24) is 19.7 Å². The second-order valence-corrected chi connectivity index (χ2v) is 9.63. The zero-order chi connectivity index (χ0) is 23.1. The van der Waals surface area contributed by atoms with E-state index in [1.807, 2.05) is 6.92 Å². The molecule has 1 aliphatic rings. The van der Waals surface area contributed by atoms with Crippen molar-refractivity contribution in [2.45, 2.75) is 52.7 Å². The van der Waals surface area contributed by atoms with E-state index in [0.717, 1.165) is 24.8 Å². The summed E-state index contributed by atoms with van der Waals surface area (Å²) in [5.74, 6) is 0.222. The second-order valence-electron chi connectivity index (χ2n) is 8.54. The molecule has 0 saturated heterocycles. The molecule has 0 spiro atoms. The average molecular weight is 465 g/mol. The van der Waals surface area contributed by atoms with Gasteiger partial charge in [-0.25, -0.2) is 14.5 Å². The lowest BCUT2D eigenvalue weighted by molar-refractivity contribution is 0.0455. The summed E-state index contributed by atoms with van der Waals surface area (Å²) in [4.78, 5) is 47.6. The fraction of sp³-hybridized carbons (Fsp3) is 0.375. The summed E-state index contributed by atoms with van der Waals surface area (Å²) < 4.78 is 6.77. The smallest absolute Gasteiger partial charge is 0.359 e. The summed E-state index contributed by atoms with van der Waals surface area (Å²) in [6.07, 6.45) is 3.63. The van der Waals surface area contributed by atoms with Crippen LogP contribution in [0.5, 0.6) is 0 Å². The highest BCUT2D eigenvalue weighted by molar-refractivity contribution is 7.18. The van der Waals surface area contributed by atoms with Gasteiger partial charge in [0, 0.05) is 16.8 Å². The molecule has 1 unspecified atom stereocenters. The van der Waals surface area contributed by atoms with Gasteiger partial charge in [-0.05, 0) is 43.2 Å². The number of aryl methyl sites for hydroxylation is 2. The number of hydrogen-bond donors (Lipinski definition) is 1.